The van der Waals surface area contributed by atoms with Gasteiger partial charge in [0.1, 0.15) is 47.7 Å². The number of carbonyl (C=O) groups is 8. The van der Waals surface area contributed by atoms with E-state index in [0.29, 0.717) is 49.9 Å². The molecule has 0 spiro atoms. The molecule has 398 valence electrons. The number of alkyl carbamates (subject to hydrolysis) is 4. The molecular weight excluding hydrogens is 949 g/mol. The maximum Gasteiger partial charge on any atom is 0.408 e. The fraction of sp³-hybridized carbons (Fsp3) is 0.708. The van der Waals surface area contributed by atoms with Crippen LogP contribution in [0.15, 0.2) is 12.1 Å². The predicted octanol–water partition coefficient (Wildman–Crippen LogP) is 7.41. The molecule has 1 aromatic carbocycles. The molecule has 20 nitrogen and oxygen atoms in total. The number of hydrogen-bond acceptors (Lipinski definition) is 16. The maximum absolute atomic E-state index is 13.5. The average molecular weight is 1030 g/mol. The standard InChI is InChI=1S/C48H80N6O14S2/c1-31(55)69-29-33-27-37(63-25-23-49-39(57)35(53-43(61)67-47(9,10)11)19-15-17-21-51-41(59)65-45(3,4)5)38(28-34(33)30-70-32(2)56)64-26-24-50-40(58)36(54-44(62)68-48(12,13)14)20-16-18-22-52-42(60)66-46(6,7)8/h27-28,35-36H,15-26,29-30H2,1-14H3,(H,49,57)(H,50,58)(H,51,59)(H,52,60)(H,53,61)(H,54,62)/t35-,36-/m0/s1. The monoisotopic (exact) mass is 1030 g/mol. The summed E-state index contributed by atoms with van der Waals surface area (Å²) in [5.74, 6) is 0.105. The number of rotatable bonds is 26. The highest BCUT2D eigenvalue weighted by Gasteiger charge is 2.26. The molecule has 0 aromatic heterocycles. The molecule has 6 amide bonds. The van der Waals surface area contributed by atoms with Crippen molar-refractivity contribution in [3.8, 4) is 11.5 Å². The van der Waals surface area contributed by atoms with Gasteiger partial charge in [0, 0.05) is 38.4 Å². The van der Waals surface area contributed by atoms with Crippen molar-refractivity contribution in [3.05, 3.63) is 23.3 Å². The third-order valence-corrected chi connectivity index (χ3v) is 10.4. The Morgan fingerprint density at radius 3 is 1.07 bits per heavy atom. The second kappa shape index (κ2) is 30.6. The molecule has 70 heavy (non-hydrogen) atoms. The number of amides is 6. The quantitative estimate of drug-likeness (QED) is 0.0390. The molecule has 0 aliphatic carbocycles. The van der Waals surface area contributed by atoms with Crippen LogP contribution >= 0.6 is 23.5 Å². The smallest absolute Gasteiger partial charge is 0.408 e. The van der Waals surface area contributed by atoms with Gasteiger partial charge in [-0.2, -0.15) is 0 Å². The lowest BCUT2D eigenvalue weighted by atomic mass is 10.1. The molecule has 0 aliphatic rings. The Morgan fingerprint density at radius 1 is 0.457 bits per heavy atom. The summed E-state index contributed by atoms with van der Waals surface area (Å²) in [5.41, 5.74) is -1.49. The minimum atomic E-state index is -0.973. The van der Waals surface area contributed by atoms with Gasteiger partial charge in [-0.05, 0) is 145 Å². The molecule has 2 atom stereocenters. The molecule has 6 N–H and O–H groups in total. The summed E-state index contributed by atoms with van der Waals surface area (Å²) in [5, 5.41) is 16.0. The zero-order valence-electron chi connectivity index (χ0n) is 43.7. The minimum absolute atomic E-state index is 0.00357. The van der Waals surface area contributed by atoms with Gasteiger partial charge in [0.05, 0.1) is 13.1 Å². The molecule has 0 heterocycles. The van der Waals surface area contributed by atoms with Crippen LogP contribution in [0.4, 0.5) is 19.2 Å². The summed E-state index contributed by atoms with van der Waals surface area (Å²) >= 11 is 2.16. The fourth-order valence-electron chi connectivity index (χ4n) is 5.81. The van der Waals surface area contributed by atoms with Crippen LogP contribution in [-0.4, -0.2) is 120 Å². The summed E-state index contributed by atoms with van der Waals surface area (Å²) < 4.78 is 33.6. The van der Waals surface area contributed by atoms with Gasteiger partial charge < -0.3 is 60.3 Å². The third-order valence-electron chi connectivity index (χ3n) is 8.64. The number of unbranched alkanes of at least 4 members (excludes halogenated alkanes) is 2. The van der Waals surface area contributed by atoms with Crippen LogP contribution in [0.25, 0.3) is 0 Å². The molecule has 0 saturated carbocycles. The number of ether oxygens (including phenoxy) is 6. The van der Waals surface area contributed by atoms with Crippen molar-refractivity contribution in [3.63, 3.8) is 0 Å². The lowest BCUT2D eigenvalue weighted by Crippen LogP contribution is -2.49. The van der Waals surface area contributed by atoms with Crippen LogP contribution in [0, 0.1) is 0 Å². The Balaban J connectivity index is 3.18. The first-order valence-electron chi connectivity index (χ1n) is 23.5. The van der Waals surface area contributed by atoms with Crippen molar-refractivity contribution in [2.45, 2.75) is 181 Å². The van der Waals surface area contributed by atoms with Gasteiger partial charge in [-0.15, -0.1) is 0 Å². The van der Waals surface area contributed by atoms with E-state index in [0.717, 1.165) is 23.5 Å². The van der Waals surface area contributed by atoms with Crippen LogP contribution in [0.3, 0.4) is 0 Å². The molecule has 0 radical (unpaired) electrons. The number of hydrogen-bond donors (Lipinski definition) is 6. The molecule has 0 aliphatic heterocycles. The first kappa shape index (κ1) is 62.9. The van der Waals surface area contributed by atoms with E-state index < -0.39 is 70.7 Å². The lowest BCUT2D eigenvalue weighted by Gasteiger charge is -2.24. The van der Waals surface area contributed by atoms with Crippen LogP contribution in [0.2, 0.25) is 0 Å². The summed E-state index contributed by atoms with van der Waals surface area (Å²) in [4.78, 5) is 101. The Morgan fingerprint density at radius 2 is 0.771 bits per heavy atom. The van der Waals surface area contributed by atoms with Gasteiger partial charge in [-0.25, -0.2) is 19.2 Å². The van der Waals surface area contributed by atoms with Crippen molar-refractivity contribution >= 4 is 69.9 Å². The first-order chi connectivity index (χ1) is 32.3. The number of carbonyl (C=O) groups excluding carboxylic acids is 8. The van der Waals surface area contributed by atoms with E-state index in [1.807, 2.05) is 0 Å². The van der Waals surface area contributed by atoms with Gasteiger partial charge >= 0.3 is 24.4 Å². The maximum atomic E-state index is 13.5. The Hall–Kier alpha value is -5.12. The van der Waals surface area contributed by atoms with E-state index in [1.165, 1.54) is 13.8 Å². The van der Waals surface area contributed by atoms with Crippen LogP contribution in [0.1, 0.15) is 147 Å². The number of benzene rings is 1. The Kier molecular flexibility index (Phi) is 27.5. The highest BCUT2D eigenvalue weighted by Crippen LogP contribution is 2.35. The van der Waals surface area contributed by atoms with Crippen molar-refractivity contribution < 1.29 is 66.8 Å². The van der Waals surface area contributed by atoms with Crippen molar-refractivity contribution in [2.24, 2.45) is 0 Å². The van der Waals surface area contributed by atoms with Gasteiger partial charge in [0.2, 0.25) is 11.8 Å². The lowest BCUT2D eigenvalue weighted by molar-refractivity contribution is -0.124. The SMILES string of the molecule is CC(=O)SCc1cc(OCCNC(=O)[C@H](CCCCNC(=O)OC(C)(C)C)NC(=O)OC(C)(C)C)c(OCCNC(=O)[C@H](CCCCNC(=O)OC(C)(C)C)NC(=O)OC(C)(C)C)cc1CSC(C)=O. The van der Waals surface area contributed by atoms with E-state index in [1.54, 1.807) is 95.2 Å². The molecule has 22 heteroatoms. The summed E-state index contributed by atoms with van der Waals surface area (Å²) in [6.45, 7) is 24.2. The first-order valence-corrected chi connectivity index (χ1v) is 25.5. The molecule has 1 rings (SSSR count). The van der Waals surface area contributed by atoms with E-state index in [2.05, 4.69) is 31.9 Å². The van der Waals surface area contributed by atoms with Crippen molar-refractivity contribution in [2.75, 3.05) is 39.4 Å². The average Bonchev–Trinajstić information content (AvgIpc) is 3.18. The fourth-order valence-corrected chi connectivity index (χ4v) is 7.06. The van der Waals surface area contributed by atoms with Crippen LogP contribution in [0.5, 0.6) is 11.5 Å². The largest absolute Gasteiger partial charge is 0.488 e. The second-order valence-electron chi connectivity index (χ2n) is 20.2. The molecule has 1 aromatic rings. The van der Waals surface area contributed by atoms with Gasteiger partial charge in [-0.3, -0.25) is 19.2 Å². The normalized spacial score (nSPS) is 12.5. The van der Waals surface area contributed by atoms with Gasteiger partial charge in [0.25, 0.3) is 0 Å². The molecule has 0 unspecified atom stereocenters. The van der Waals surface area contributed by atoms with Gasteiger partial charge in [0.15, 0.2) is 21.7 Å². The van der Waals surface area contributed by atoms with Crippen LogP contribution in [-0.2, 0) is 49.6 Å². The summed E-state index contributed by atoms with van der Waals surface area (Å²) in [7, 11) is 0. The number of thioether (sulfide) groups is 2. The molecular formula is C48H80N6O14S2. The molecule has 0 fully saturated rings. The summed E-state index contributed by atoms with van der Waals surface area (Å²) in [6.07, 6.45) is -0.260. The van der Waals surface area contributed by atoms with Gasteiger partial charge in [-0.1, -0.05) is 23.5 Å². The number of nitrogens with one attached hydrogen (secondary N) is 6. The van der Waals surface area contributed by atoms with Crippen molar-refractivity contribution in [1.82, 2.24) is 31.9 Å². The van der Waals surface area contributed by atoms with E-state index >= 15 is 0 Å². The van der Waals surface area contributed by atoms with E-state index in [9.17, 15) is 38.4 Å². The second-order valence-corrected chi connectivity index (χ2v) is 22.5. The zero-order chi connectivity index (χ0) is 53.3. The highest BCUT2D eigenvalue weighted by atomic mass is 32.2. The predicted molar refractivity (Wildman–Crippen MR) is 270 cm³/mol. The third kappa shape index (κ3) is 31.9. The zero-order valence-corrected chi connectivity index (χ0v) is 45.4. The Labute approximate surface area is 422 Å². The highest BCUT2D eigenvalue weighted by molar-refractivity contribution is 8.13. The minimum Gasteiger partial charge on any atom is -0.488 e. The topological polar surface area (TPSA) is 264 Å². The van der Waals surface area contributed by atoms with E-state index in [4.69, 9.17) is 28.4 Å². The Bertz CT molecular complexity index is 1760. The van der Waals surface area contributed by atoms with Crippen LogP contribution < -0.4 is 41.4 Å². The van der Waals surface area contributed by atoms with Crippen molar-refractivity contribution in [1.29, 1.82) is 0 Å². The molecule has 0 saturated heterocycles. The molecule has 0 bridgehead atoms. The summed E-state index contributed by atoms with van der Waals surface area (Å²) in [6, 6.07) is 1.47. The van der Waals surface area contributed by atoms with E-state index in [-0.39, 0.29) is 72.4 Å².